The maximum absolute atomic E-state index is 13.2. The number of nitrogens with one attached hydrogen (secondary N) is 2. The highest BCUT2D eigenvalue weighted by atomic mass is 32.2. The van der Waals surface area contributed by atoms with E-state index in [0.29, 0.717) is 41.5 Å². The minimum atomic E-state index is -3.77. The molecule has 0 bridgehead atoms. The van der Waals surface area contributed by atoms with E-state index in [4.69, 9.17) is 9.40 Å². The van der Waals surface area contributed by atoms with E-state index in [9.17, 15) is 23.1 Å². The number of carbonyl (C=O) groups excluding carboxylic acids is 2. The lowest BCUT2D eigenvalue weighted by Crippen LogP contribution is -2.40. The van der Waals surface area contributed by atoms with Gasteiger partial charge in [0.2, 0.25) is 21.6 Å². The highest BCUT2D eigenvalue weighted by Crippen LogP contribution is 2.46. The Bertz CT molecular complexity index is 1770. The average molecular weight is 663 g/mol. The van der Waals surface area contributed by atoms with Crippen LogP contribution in [0.15, 0.2) is 71.2 Å². The number of anilines is 1. The summed E-state index contributed by atoms with van der Waals surface area (Å²) in [5.74, 6) is -0.191. The molecule has 0 spiro atoms. The van der Waals surface area contributed by atoms with Crippen LogP contribution in [0.5, 0.6) is 0 Å². The third-order valence-electron chi connectivity index (χ3n) is 8.27. The number of carbonyl (C=O) groups is 2. The first kappa shape index (κ1) is 35.6. The molecule has 0 radical (unpaired) electrons. The normalized spacial score (nSPS) is 14.9. The van der Waals surface area contributed by atoms with Crippen LogP contribution < -0.4 is 14.9 Å². The van der Waals surface area contributed by atoms with Crippen LogP contribution in [-0.2, 0) is 14.8 Å². The Kier molecular flexibility index (Phi) is 11.8. The van der Waals surface area contributed by atoms with Gasteiger partial charge in [-0.2, -0.15) is 4.98 Å². The Morgan fingerprint density at radius 1 is 1.21 bits per heavy atom. The number of rotatable bonds is 16. The van der Waals surface area contributed by atoms with Gasteiger partial charge in [0.15, 0.2) is 0 Å². The van der Waals surface area contributed by atoms with Crippen LogP contribution >= 0.6 is 0 Å². The molecular formula is C36H46N4O6S. The predicted octanol–water partition coefficient (Wildman–Crippen LogP) is 5.78. The molecule has 0 saturated heterocycles. The molecule has 1 saturated carbocycles. The molecule has 1 aliphatic rings. The molecule has 252 valence electrons. The van der Waals surface area contributed by atoms with Crippen LogP contribution in [0.3, 0.4) is 0 Å². The Hall–Kier alpha value is -4.22. The number of sulfonamides is 1. The predicted molar refractivity (Wildman–Crippen MR) is 187 cm³/mol. The zero-order valence-corrected chi connectivity index (χ0v) is 28.7. The van der Waals surface area contributed by atoms with Gasteiger partial charge < -0.3 is 20.2 Å². The molecule has 2 heterocycles. The van der Waals surface area contributed by atoms with E-state index < -0.39 is 22.0 Å². The first-order valence-corrected chi connectivity index (χ1v) is 17.8. The van der Waals surface area contributed by atoms with E-state index >= 15 is 0 Å². The number of allylic oxidation sites excluding steroid dienone is 4. The standard InChI is InChI=1S/C36H46N4O6S/c1-7-8-9-11-24(3)20-28(22-41)38-34(42)25(4)12-10-19-40(47(6,44)45)33-29(26-17-18-26)21-30-31(35(43)37-5)32(46-36(30)39-33)27-15-13-23(2)14-16-27/h7-9,11,13-16,21,25-26,28,41H,3,10,12,17-20,22H2,1-2,4-6H3,(H,37,43)(H,38,42)/b8-7-,11-9-/t25-,28+/m0/s1. The zero-order chi connectivity index (χ0) is 34.3. The second-order valence-corrected chi connectivity index (χ2v) is 14.2. The van der Waals surface area contributed by atoms with Gasteiger partial charge in [0.25, 0.3) is 5.91 Å². The number of aliphatic hydroxyl groups is 1. The summed E-state index contributed by atoms with van der Waals surface area (Å²) >= 11 is 0. The molecule has 2 aromatic heterocycles. The Labute approximate surface area is 277 Å². The molecule has 10 nitrogen and oxygen atoms in total. The maximum atomic E-state index is 13.2. The molecule has 0 aliphatic heterocycles. The minimum absolute atomic E-state index is 0.110. The van der Waals surface area contributed by atoms with Gasteiger partial charge in [0.1, 0.15) is 11.6 Å². The van der Waals surface area contributed by atoms with Crippen molar-refractivity contribution in [3.05, 3.63) is 83.5 Å². The lowest BCUT2D eigenvalue weighted by atomic mass is 10.0. The van der Waals surface area contributed by atoms with Gasteiger partial charge in [-0.25, -0.2) is 8.42 Å². The second-order valence-electron chi connectivity index (χ2n) is 12.3. The lowest BCUT2D eigenvalue weighted by molar-refractivity contribution is -0.125. The topological polar surface area (TPSA) is 142 Å². The summed E-state index contributed by atoms with van der Waals surface area (Å²) in [6, 6.07) is 9.00. The first-order valence-electron chi connectivity index (χ1n) is 16.0. The quantitative estimate of drug-likeness (QED) is 0.165. The van der Waals surface area contributed by atoms with Gasteiger partial charge in [-0.1, -0.05) is 73.2 Å². The molecule has 2 amide bonds. The number of aryl methyl sites for hydroxylation is 1. The van der Waals surface area contributed by atoms with Crippen LogP contribution in [0.4, 0.5) is 5.82 Å². The maximum Gasteiger partial charge on any atom is 0.255 e. The van der Waals surface area contributed by atoms with Crippen LogP contribution in [0, 0.1) is 12.8 Å². The molecule has 1 fully saturated rings. The van der Waals surface area contributed by atoms with Crippen molar-refractivity contribution in [3.63, 3.8) is 0 Å². The SMILES string of the molecule is C=C(/C=C\C=C/C)C[C@H](CO)NC(=O)[C@@H](C)CCCN(c1nc2oc(-c3ccc(C)cc3)c(C(=O)NC)c2cc1C1CC1)S(C)(=O)=O. The van der Waals surface area contributed by atoms with Crippen molar-refractivity contribution in [2.75, 3.05) is 30.8 Å². The number of amides is 2. The number of pyridine rings is 1. The van der Waals surface area contributed by atoms with Crippen LogP contribution in [0.2, 0.25) is 0 Å². The highest BCUT2D eigenvalue weighted by molar-refractivity contribution is 7.92. The number of aliphatic hydroxyl groups excluding tert-OH is 1. The second kappa shape index (κ2) is 15.6. The van der Waals surface area contributed by atoms with Crippen molar-refractivity contribution in [1.82, 2.24) is 15.6 Å². The monoisotopic (exact) mass is 662 g/mol. The van der Waals surface area contributed by atoms with Gasteiger partial charge in [-0.05, 0) is 63.5 Å². The van der Waals surface area contributed by atoms with E-state index in [1.54, 1.807) is 14.0 Å². The number of aromatic nitrogens is 1. The molecule has 47 heavy (non-hydrogen) atoms. The molecule has 3 N–H and O–H groups in total. The smallest absolute Gasteiger partial charge is 0.255 e. The minimum Gasteiger partial charge on any atom is -0.437 e. The van der Waals surface area contributed by atoms with Gasteiger partial charge >= 0.3 is 0 Å². The summed E-state index contributed by atoms with van der Waals surface area (Å²) in [5.41, 5.74) is 3.84. The van der Waals surface area contributed by atoms with Crippen LogP contribution in [0.1, 0.15) is 73.4 Å². The Balaban J connectivity index is 1.57. The molecular weight excluding hydrogens is 616 g/mol. The average Bonchev–Trinajstić information content (AvgIpc) is 3.81. The number of furan rings is 1. The summed E-state index contributed by atoms with van der Waals surface area (Å²) in [5, 5.41) is 15.9. The van der Waals surface area contributed by atoms with E-state index in [2.05, 4.69) is 17.2 Å². The van der Waals surface area contributed by atoms with Crippen LogP contribution in [0.25, 0.3) is 22.4 Å². The summed E-state index contributed by atoms with van der Waals surface area (Å²) in [6.07, 6.45) is 11.6. The molecule has 4 rings (SSSR count). The van der Waals surface area contributed by atoms with Crippen LogP contribution in [-0.4, -0.2) is 62.8 Å². The first-order chi connectivity index (χ1) is 22.4. The highest BCUT2D eigenvalue weighted by Gasteiger charge is 2.34. The van der Waals surface area contributed by atoms with E-state index in [-0.39, 0.29) is 42.4 Å². The Morgan fingerprint density at radius 2 is 1.91 bits per heavy atom. The van der Waals surface area contributed by atoms with Crippen molar-refractivity contribution in [3.8, 4) is 11.3 Å². The van der Waals surface area contributed by atoms with Crippen molar-refractivity contribution < 1.29 is 27.5 Å². The third kappa shape index (κ3) is 8.99. The van der Waals surface area contributed by atoms with E-state index in [0.717, 1.165) is 35.8 Å². The van der Waals surface area contributed by atoms with Crippen molar-refractivity contribution >= 4 is 38.8 Å². The Morgan fingerprint density at radius 3 is 2.51 bits per heavy atom. The number of fused-ring (bicyclic) bond motifs is 1. The van der Waals surface area contributed by atoms with Crippen molar-refractivity contribution in [1.29, 1.82) is 0 Å². The molecule has 11 heteroatoms. The van der Waals surface area contributed by atoms with Gasteiger partial charge in [0.05, 0.1) is 29.9 Å². The molecule has 2 atom stereocenters. The van der Waals surface area contributed by atoms with Crippen molar-refractivity contribution in [2.24, 2.45) is 5.92 Å². The summed E-state index contributed by atoms with van der Waals surface area (Å²) in [7, 11) is -2.21. The number of benzene rings is 1. The molecule has 1 aromatic carbocycles. The van der Waals surface area contributed by atoms with Gasteiger partial charge in [-0.15, -0.1) is 0 Å². The van der Waals surface area contributed by atoms with Gasteiger partial charge in [-0.3, -0.25) is 13.9 Å². The van der Waals surface area contributed by atoms with E-state index in [1.807, 2.05) is 68.5 Å². The van der Waals surface area contributed by atoms with Gasteiger partial charge in [0, 0.05) is 25.1 Å². The fourth-order valence-corrected chi connectivity index (χ4v) is 6.40. The third-order valence-corrected chi connectivity index (χ3v) is 9.43. The zero-order valence-electron chi connectivity index (χ0n) is 27.9. The number of hydrogen-bond acceptors (Lipinski definition) is 7. The number of nitrogens with zero attached hydrogens (tertiary/aromatic N) is 2. The molecule has 0 unspecified atom stereocenters. The molecule has 3 aromatic rings. The largest absolute Gasteiger partial charge is 0.437 e. The summed E-state index contributed by atoms with van der Waals surface area (Å²) in [4.78, 5) is 30.8. The van der Waals surface area contributed by atoms with Crippen molar-refractivity contribution in [2.45, 2.75) is 64.8 Å². The van der Waals surface area contributed by atoms with E-state index in [1.165, 1.54) is 4.31 Å². The lowest BCUT2D eigenvalue weighted by Gasteiger charge is -2.25. The fraction of sp³-hybridized carbons (Fsp3) is 0.417. The molecule has 1 aliphatic carbocycles. The number of hydrogen-bond donors (Lipinski definition) is 3. The summed E-state index contributed by atoms with van der Waals surface area (Å²) < 4.78 is 33.9. The fourth-order valence-electron chi connectivity index (χ4n) is 5.48. The summed E-state index contributed by atoms with van der Waals surface area (Å²) in [6.45, 7) is 9.54.